The molecule has 1 fully saturated rings. The molecule has 1 aliphatic heterocycles. The van der Waals surface area contributed by atoms with Crippen LogP contribution in [0.4, 0.5) is 38.5 Å². The number of nitrogens with one attached hydrogen (secondary N) is 4. The third-order valence-electron chi connectivity index (χ3n) is 6.62. The second kappa shape index (κ2) is 11.8. The van der Waals surface area contributed by atoms with Crippen molar-refractivity contribution < 1.29 is 13.9 Å². The van der Waals surface area contributed by atoms with Crippen LogP contribution in [-0.4, -0.2) is 36.7 Å². The van der Waals surface area contributed by atoms with E-state index in [1.165, 1.54) is 11.8 Å². The van der Waals surface area contributed by atoms with E-state index < -0.39 is 5.82 Å². The number of hydrogen-bond acceptors (Lipinski definition) is 5. The minimum atomic E-state index is -0.457. The molecular formula is C30H32FN5O2. The van der Waals surface area contributed by atoms with Gasteiger partial charge in [-0.3, -0.25) is 4.79 Å². The number of hydrogen-bond donors (Lipinski definition) is 4. The first kappa shape index (κ1) is 25.4. The van der Waals surface area contributed by atoms with Gasteiger partial charge in [0, 0.05) is 60.5 Å². The van der Waals surface area contributed by atoms with E-state index in [-0.39, 0.29) is 5.91 Å². The lowest BCUT2D eigenvalue weighted by atomic mass is 10.1. The van der Waals surface area contributed by atoms with E-state index in [0.29, 0.717) is 23.0 Å². The molecule has 0 saturated carbocycles. The van der Waals surface area contributed by atoms with Crippen molar-refractivity contribution >= 4 is 40.0 Å². The van der Waals surface area contributed by atoms with Gasteiger partial charge in [0.1, 0.15) is 5.82 Å². The van der Waals surface area contributed by atoms with E-state index in [9.17, 15) is 9.18 Å². The highest BCUT2D eigenvalue weighted by atomic mass is 19.1. The molecule has 0 radical (unpaired) electrons. The van der Waals surface area contributed by atoms with Gasteiger partial charge in [-0.25, -0.2) is 4.39 Å². The number of H-pyrrole nitrogens is 1. The van der Waals surface area contributed by atoms with E-state index in [4.69, 9.17) is 4.74 Å². The fourth-order valence-corrected chi connectivity index (χ4v) is 4.59. The minimum Gasteiger partial charge on any atom is -0.378 e. The van der Waals surface area contributed by atoms with Crippen molar-refractivity contribution in [2.24, 2.45) is 0 Å². The van der Waals surface area contributed by atoms with Gasteiger partial charge in [0.2, 0.25) is 0 Å². The monoisotopic (exact) mass is 513 g/mol. The first-order chi connectivity index (χ1) is 18.6. The van der Waals surface area contributed by atoms with Gasteiger partial charge in [-0.05, 0) is 92.6 Å². The average Bonchev–Trinajstić information content (AvgIpc) is 3.48. The number of benzene rings is 3. The number of piperidine rings is 1. The van der Waals surface area contributed by atoms with Gasteiger partial charge < -0.3 is 30.6 Å². The summed E-state index contributed by atoms with van der Waals surface area (Å²) in [6.07, 6.45) is 5.75. The molecule has 1 saturated heterocycles. The van der Waals surface area contributed by atoms with Crippen molar-refractivity contribution in [1.82, 2.24) is 4.98 Å². The molecule has 4 aromatic rings. The standard InChI is InChI=1S/C30H32FN5O2/c1-2-38-27-14-17-36(18-15-27)26-10-7-23(8-11-26)33-22-3-5-24(6-4-22)34-29-12-9-25(19-28(29)31)35-30(37)21-13-16-32-20-21/h3-13,16,19-20,27,32-34H,2,14-15,17-18H2,1H3,(H,35,37). The number of aromatic nitrogens is 1. The second-order valence-corrected chi connectivity index (χ2v) is 9.26. The van der Waals surface area contributed by atoms with E-state index >= 15 is 0 Å². The molecule has 196 valence electrons. The highest BCUT2D eigenvalue weighted by Gasteiger charge is 2.19. The summed E-state index contributed by atoms with van der Waals surface area (Å²) in [7, 11) is 0. The van der Waals surface area contributed by atoms with Crippen LogP contribution in [0.1, 0.15) is 30.1 Å². The molecule has 1 amide bonds. The predicted octanol–water partition coefficient (Wildman–Crippen LogP) is 6.90. The van der Waals surface area contributed by atoms with Crippen LogP contribution in [0.3, 0.4) is 0 Å². The first-order valence-corrected chi connectivity index (χ1v) is 12.9. The van der Waals surface area contributed by atoms with Crippen molar-refractivity contribution in [2.75, 3.05) is 40.5 Å². The highest BCUT2D eigenvalue weighted by Crippen LogP contribution is 2.27. The fraction of sp³-hybridized carbons (Fsp3) is 0.233. The number of anilines is 6. The number of rotatable bonds is 9. The van der Waals surface area contributed by atoms with Crippen LogP contribution in [0.25, 0.3) is 0 Å². The van der Waals surface area contributed by atoms with Crippen molar-refractivity contribution in [2.45, 2.75) is 25.9 Å². The van der Waals surface area contributed by atoms with Crippen LogP contribution in [0.5, 0.6) is 0 Å². The molecule has 0 aliphatic carbocycles. The number of amides is 1. The molecule has 0 unspecified atom stereocenters. The van der Waals surface area contributed by atoms with Crippen LogP contribution in [-0.2, 0) is 4.74 Å². The number of ether oxygens (including phenoxy) is 1. The molecular weight excluding hydrogens is 481 g/mol. The zero-order chi connectivity index (χ0) is 26.3. The van der Waals surface area contributed by atoms with Gasteiger partial charge in [-0.15, -0.1) is 0 Å². The van der Waals surface area contributed by atoms with Crippen molar-refractivity contribution in [1.29, 1.82) is 0 Å². The zero-order valence-electron chi connectivity index (χ0n) is 21.3. The molecule has 3 aromatic carbocycles. The summed E-state index contributed by atoms with van der Waals surface area (Å²) in [6.45, 7) is 4.86. The normalized spacial score (nSPS) is 13.8. The molecule has 1 aliphatic rings. The van der Waals surface area contributed by atoms with E-state index in [1.807, 2.05) is 24.3 Å². The summed E-state index contributed by atoms with van der Waals surface area (Å²) in [5.41, 5.74) is 5.11. The SMILES string of the molecule is CCOC1CCN(c2ccc(Nc3ccc(Nc4ccc(NC(=O)c5cc[nH]c5)cc4F)cc3)cc2)CC1. The Morgan fingerprint density at radius 3 is 2.16 bits per heavy atom. The highest BCUT2D eigenvalue weighted by molar-refractivity contribution is 6.04. The molecule has 0 spiro atoms. The Labute approximate surface area is 222 Å². The van der Waals surface area contributed by atoms with Crippen LogP contribution >= 0.6 is 0 Å². The zero-order valence-corrected chi connectivity index (χ0v) is 21.3. The maximum Gasteiger partial charge on any atom is 0.257 e. The Balaban J connectivity index is 1.14. The quantitative estimate of drug-likeness (QED) is 0.196. The lowest BCUT2D eigenvalue weighted by molar-refractivity contribution is 0.0459. The Bertz CT molecular complexity index is 1330. The molecule has 0 bridgehead atoms. The number of carbonyl (C=O) groups is 1. The third-order valence-corrected chi connectivity index (χ3v) is 6.62. The number of aromatic amines is 1. The average molecular weight is 514 g/mol. The molecule has 4 N–H and O–H groups in total. The Morgan fingerprint density at radius 2 is 1.55 bits per heavy atom. The van der Waals surface area contributed by atoms with Gasteiger partial charge in [-0.1, -0.05) is 0 Å². The Morgan fingerprint density at radius 1 is 0.921 bits per heavy atom. The lowest BCUT2D eigenvalue weighted by Crippen LogP contribution is -2.37. The molecule has 1 aromatic heterocycles. The summed E-state index contributed by atoms with van der Waals surface area (Å²) in [4.78, 5) is 17.4. The van der Waals surface area contributed by atoms with Crippen molar-refractivity contribution in [3.05, 3.63) is 96.6 Å². The number of carbonyl (C=O) groups excluding carboxylic acids is 1. The first-order valence-electron chi connectivity index (χ1n) is 12.9. The van der Waals surface area contributed by atoms with Gasteiger partial charge in [0.25, 0.3) is 5.91 Å². The summed E-state index contributed by atoms with van der Waals surface area (Å²) in [5, 5.41) is 9.20. The lowest BCUT2D eigenvalue weighted by Gasteiger charge is -2.33. The molecule has 2 heterocycles. The minimum absolute atomic E-state index is 0.300. The van der Waals surface area contributed by atoms with E-state index in [2.05, 4.69) is 57.0 Å². The number of nitrogens with zero attached hydrogens (tertiary/aromatic N) is 1. The molecule has 0 atom stereocenters. The van der Waals surface area contributed by atoms with Crippen molar-refractivity contribution in [3.8, 4) is 0 Å². The maximum absolute atomic E-state index is 14.7. The molecule has 7 nitrogen and oxygen atoms in total. The van der Waals surface area contributed by atoms with Gasteiger partial charge in [0.15, 0.2) is 0 Å². The van der Waals surface area contributed by atoms with Gasteiger partial charge >= 0.3 is 0 Å². The van der Waals surface area contributed by atoms with Crippen LogP contribution < -0.4 is 20.9 Å². The summed E-state index contributed by atoms with van der Waals surface area (Å²) < 4.78 is 20.4. The smallest absolute Gasteiger partial charge is 0.257 e. The van der Waals surface area contributed by atoms with Gasteiger partial charge in [-0.2, -0.15) is 0 Å². The van der Waals surface area contributed by atoms with Crippen LogP contribution in [0.2, 0.25) is 0 Å². The summed E-state index contributed by atoms with van der Waals surface area (Å²) in [5.74, 6) is -0.757. The number of halogens is 1. The molecule has 8 heteroatoms. The molecule has 38 heavy (non-hydrogen) atoms. The maximum atomic E-state index is 14.7. The van der Waals surface area contributed by atoms with Crippen LogP contribution in [0.15, 0.2) is 85.2 Å². The third kappa shape index (κ3) is 6.33. The van der Waals surface area contributed by atoms with E-state index in [0.717, 1.165) is 49.6 Å². The molecule has 5 rings (SSSR count). The fourth-order valence-electron chi connectivity index (χ4n) is 4.59. The van der Waals surface area contributed by atoms with Gasteiger partial charge in [0.05, 0.1) is 17.4 Å². The second-order valence-electron chi connectivity index (χ2n) is 9.26. The largest absolute Gasteiger partial charge is 0.378 e. The Hall–Kier alpha value is -4.30. The summed E-state index contributed by atoms with van der Waals surface area (Å²) >= 11 is 0. The van der Waals surface area contributed by atoms with Crippen molar-refractivity contribution in [3.63, 3.8) is 0 Å². The topological polar surface area (TPSA) is 81.4 Å². The van der Waals surface area contributed by atoms with E-state index in [1.54, 1.807) is 30.6 Å². The Kier molecular flexibility index (Phi) is 7.89. The summed E-state index contributed by atoms with van der Waals surface area (Å²) in [6, 6.07) is 22.3. The predicted molar refractivity (Wildman–Crippen MR) is 151 cm³/mol. The van der Waals surface area contributed by atoms with Crippen LogP contribution in [0, 0.1) is 5.82 Å².